The Morgan fingerprint density at radius 2 is 1.65 bits per heavy atom. The van der Waals surface area contributed by atoms with Gasteiger partial charge in [-0.15, -0.1) is 0 Å². The number of benzene rings is 1. The Labute approximate surface area is 135 Å². The van der Waals surface area contributed by atoms with Crippen molar-refractivity contribution in [1.82, 2.24) is 9.80 Å². The number of nitrogens with zero attached hydrogens (tertiary/aromatic N) is 3. The summed E-state index contributed by atoms with van der Waals surface area (Å²) >= 11 is 0. The summed E-state index contributed by atoms with van der Waals surface area (Å²) in [6, 6.07) is 7.57. The number of rotatable bonds is 1. The van der Waals surface area contributed by atoms with Crippen LogP contribution in [-0.2, 0) is 14.4 Å². The van der Waals surface area contributed by atoms with E-state index in [9.17, 15) is 14.4 Å². The number of anilines is 1. The van der Waals surface area contributed by atoms with E-state index in [1.807, 2.05) is 24.3 Å². The van der Waals surface area contributed by atoms with Crippen LogP contribution in [0.4, 0.5) is 5.69 Å². The molecule has 0 radical (unpaired) electrons. The topological polar surface area (TPSA) is 60.9 Å². The van der Waals surface area contributed by atoms with Gasteiger partial charge in [0.25, 0.3) is 0 Å². The van der Waals surface area contributed by atoms with Crippen LogP contribution >= 0.6 is 0 Å². The molecule has 122 valence electrons. The second-order valence-corrected chi connectivity index (χ2v) is 6.10. The smallest absolute Gasteiger partial charge is 0.230 e. The molecule has 0 bridgehead atoms. The monoisotopic (exact) mass is 315 g/mol. The second kappa shape index (κ2) is 6.02. The zero-order valence-corrected chi connectivity index (χ0v) is 13.5. The van der Waals surface area contributed by atoms with Gasteiger partial charge in [-0.2, -0.15) is 0 Å². The van der Waals surface area contributed by atoms with E-state index in [1.165, 1.54) is 0 Å². The normalized spacial score (nSPS) is 21.2. The van der Waals surface area contributed by atoms with Gasteiger partial charge in [0.2, 0.25) is 17.7 Å². The maximum absolute atomic E-state index is 12.9. The van der Waals surface area contributed by atoms with E-state index in [-0.39, 0.29) is 24.1 Å². The van der Waals surface area contributed by atoms with Crippen LogP contribution in [0.5, 0.6) is 0 Å². The second-order valence-electron chi connectivity index (χ2n) is 6.10. The molecule has 1 fully saturated rings. The Balaban J connectivity index is 1.79. The number of hydrogen-bond acceptors (Lipinski definition) is 3. The van der Waals surface area contributed by atoms with Gasteiger partial charge in [-0.3, -0.25) is 14.4 Å². The standard InChI is InChI=1S/C17H21N3O3/c1-12(21)19-7-9-20(10-8-19)17(23)14-11-16(22)18(2)15-6-4-3-5-13(14)15/h3-6,14H,7-11H2,1-2H3. The van der Waals surface area contributed by atoms with E-state index in [0.717, 1.165) is 11.3 Å². The molecule has 2 heterocycles. The van der Waals surface area contributed by atoms with Crippen molar-refractivity contribution in [3.8, 4) is 0 Å². The van der Waals surface area contributed by atoms with Crippen molar-refractivity contribution < 1.29 is 14.4 Å². The molecule has 2 aliphatic rings. The molecule has 1 unspecified atom stereocenters. The van der Waals surface area contributed by atoms with Crippen LogP contribution in [-0.4, -0.2) is 60.7 Å². The third-order valence-corrected chi connectivity index (χ3v) is 4.76. The molecule has 0 aliphatic carbocycles. The molecule has 1 aromatic rings. The lowest BCUT2D eigenvalue weighted by molar-refractivity contribution is -0.140. The lowest BCUT2D eigenvalue weighted by Gasteiger charge is -2.38. The van der Waals surface area contributed by atoms with Gasteiger partial charge in [-0.1, -0.05) is 18.2 Å². The van der Waals surface area contributed by atoms with Gasteiger partial charge in [-0.25, -0.2) is 0 Å². The number of piperazine rings is 1. The SMILES string of the molecule is CC(=O)N1CCN(C(=O)C2CC(=O)N(C)c3ccccc32)CC1. The van der Waals surface area contributed by atoms with Crippen molar-refractivity contribution >= 4 is 23.4 Å². The quantitative estimate of drug-likeness (QED) is 0.771. The summed E-state index contributed by atoms with van der Waals surface area (Å²) in [4.78, 5) is 41.6. The van der Waals surface area contributed by atoms with E-state index in [2.05, 4.69) is 0 Å². The van der Waals surface area contributed by atoms with Crippen molar-refractivity contribution in [2.24, 2.45) is 0 Å². The van der Waals surface area contributed by atoms with E-state index < -0.39 is 5.92 Å². The van der Waals surface area contributed by atoms with E-state index in [0.29, 0.717) is 26.2 Å². The van der Waals surface area contributed by atoms with Crippen molar-refractivity contribution in [2.45, 2.75) is 19.3 Å². The number of carbonyl (C=O) groups excluding carboxylic acids is 3. The summed E-state index contributed by atoms with van der Waals surface area (Å²) < 4.78 is 0. The summed E-state index contributed by atoms with van der Waals surface area (Å²) in [5.74, 6) is -0.429. The van der Waals surface area contributed by atoms with Crippen LogP contribution in [0, 0.1) is 0 Å². The first kappa shape index (κ1) is 15.5. The summed E-state index contributed by atoms with van der Waals surface area (Å²) in [7, 11) is 1.74. The van der Waals surface area contributed by atoms with E-state index >= 15 is 0 Å². The molecule has 0 saturated carbocycles. The summed E-state index contributed by atoms with van der Waals surface area (Å²) in [5.41, 5.74) is 1.72. The summed E-state index contributed by atoms with van der Waals surface area (Å²) in [6.45, 7) is 3.72. The lowest BCUT2D eigenvalue weighted by Crippen LogP contribution is -2.52. The van der Waals surface area contributed by atoms with Gasteiger partial charge in [0, 0.05) is 52.3 Å². The first-order valence-electron chi connectivity index (χ1n) is 7.89. The third-order valence-electron chi connectivity index (χ3n) is 4.76. The van der Waals surface area contributed by atoms with Crippen molar-refractivity contribution in [2.75, 3.05) is 38.1 Å². The molecule has 1 saturated heterocycles. The zero-order chi connectivity index (χ0) is 16.6. The Bertz CT molecular complexity index is 650. The molecule has 23 heavy (non-hydrogen) atoms. The fourth-order valence-electron chi connectivity index (χ4n) is 3.33. The molecule has 3 amide bonds. The van der Waals surface area contributed by atoms with Crippen LogP contribution < -0.4 is 4.90 Å². The zero-order valence-electron chi connectivity index (χ0n) is 13.5. The number of para-hydroxylation sites is 1. The average molecular weight is 315 g/mol. The first-order valence-corrected chi connectivity index (χ1v) is 7.89. The molecule has 6 heteroatoms. The molecule has 0 N–H and O–H groups in total. The minimum absolute atomic E-state index is 0.0119. The van der Waals surface area contributed by atoms with Crippen LogP contribution in [0.15, 0.2) is 24.3 Å². The van der Waals surface area contributed by atoms with Crippen LogP contribution in [0.1, 0.15) is 24.8 Å². The molecular formula is C17H21N3O3. The summed E-state index contributed by atoms with van der Waals surface area (Å²) in [5, 5.41) is 0. The van der Waals surface area contributed by atoms with Gasteiger partial charge < -0.3 is 14.7 Å². The van der Waals surface area contributed by atoms with Crippen LogP contribution in [0.25, 0.3) is 0 Å². The molecule has 2 aliphatic heterocycles. The molecule has 0 aromatic heterocycles. The summed E-state index contributed by atoms with van der Waals surface area (Å²) in [6.07, 6.45) is 0.208. The Kier molecular flexibility index (Phi) is 4.07. The molecule has 0 spiro atoms. The van der Waals surface area contributed by atoms with Gasteiger partial charge in [-0.05, 0) is 11.6 Å². The largest absolute Gasteiger partial charge is 0.339 e. The van der Waals surface area contributed by atoms with Crippen molar-refractivity contribution in [1.29, 1.82) is 0 Å². The number of fused-ring (bicyclic) bond motifs is 1. The predicted molar refractivity (Wildman–Crippen MR) is 86.0 cm³/mol. The highest BCUT2D eigenvalue weighted by atomic mass is 16.2. The highest BCUT2D eigenvalue weighted by Gasteiger charge is 2.36. The minimum Gasteiger partial charge on any atom is -0.339 e. The number of hydrogen-bond donors (Lipinski definition) is 0. The molecule has 3 rings (SSSR count). The number of carbonyl (C=O) groups is 3. The van der Waals surface area contributed by atoms with Crippen LogP contribution in [0.3, 0.4) is 0 Å². The Morgan fingerprint density at radius 3 is 2.30 bits per heavy atom. The van der Waals surface area contributed by atoms with Gasteiger partial charge in [0.15, 0.2) is 0 Å². The van der Waals surface area contributed by atoms with E-state index in [4.69, 9.17) is 0 Å². The molecule has 1 aromatic carbocycles. The minimum atomic E-state index is -0.418. The van der Waals surface area contributed by atoms with Gasteiger partial charge in [0.05, 0.1) is 5.92 Å². The van der Waals surface area contributed by atoms with Gasteiger partial charge in [0.1, 0.15) is 0 Å². The molecular weight excluding hydrogens is 294 g/mol. The van der Waals surface area contributed by atoms with Crippen LogP contribution in [0.2, 0.25) is 0 Å². The fraction of sp³-hybridized carbons (Fsp3) is 0.471. The maximum Gasteiger partial charge on any atom is 0.230 e. The highest BCUT2D eigenvalue weighted by molar-refractivity contribution is 6.02. The predicted octanol–water partition coefficient (Wildman–Crippen LogP) is 0.827. The third kappa shape index (κ3) is 2.81. The van der Waals surface area contributed by atoms with E-state index in [1.54, 1.807) is 28.7 Å². The average Bonchev–Trinajstić information content (AvgIpc) is 2.57. The van der Waals surface area contributed by atoms with Crippen molar-refractivity contribution in [3.05, 3.63) is 29.8 Å². The van der Waals surface area contributed by atoms with Crippen molar-refractivity contribution in [3.63, 3.8) is 0 Å². The fourth-order valence-corrected chi connectivity index (χ4v) is 3.33. The Hall–Kier alpha value is -2.37. The number of amides is 3. The molecule has 1 atom stereocenters. The Morgan fingerprint density at radius 1 is 1.04 bits per heavy atom. The maximum atomic E-state index is 12.9. The van der Waals surface area contributed by atoms with Gasteiger partial charge >= 0.3 is 0 Å². The molecule has 6 nitrogen and oxygen atoms in total. The lowest BCUT2D eigenvalue weighted by atomic mass is 9.88. The highest BCUT2D eigenvalue weighted by Crippen LogP contribution is 2.36. The first-order chi connectivity index (χ1) is 11.0.